The van der Waals surface area contributed by atoms with Crippen LogP contribution < -0.4 is 0 Å². The van der Waals surface area contributed by atoms with Crippen LogP contribution in [-0.4, -0.2) is 29.7 Å². The van der Waals surface area contributed by atoms with Gasteiger partial charge in [0.1, 0.15) is 0 Å². The molecule has 1 saturated heterocycles. The van der Waals surface area contributed by atoms with E-state index in [4.69, 9.17) is 5.26 Å². The number of rotatable bonds is 1. The molecule has 4 nitrogen and oxygen atoms in total. The van der Waals surface area contributed by atoms with Crippen molar-refractivity contribution in [2.24, 2.45) is 5.92 Å². The molecule has 1 unspecified atom stereocenters. The normalized spacial score (nSPS) is 24.0. The van der Waals surface area contributed by atoms with Gasteiger partial charge >= 0.3 is 0 Å². The minimum Gasteiger partial charge on any atom is -0.334 e. The monoisotopic (exact) mass is 152 g/mol. The number of Topliss-reactive ketones (excluding diaryl/α,β-unsaturated/α-hetero) is 1. The number of carbonyl (C=O) groups is 2. The van der Waals surface area contributed by atoms with Crippen molar-refractivity contribution in [3.8, 4) is 6.07 Å². The lowest BCUT2D eigenvalue weighted by molar-refractivity contribution is -0.130. The van der Waals surface area contributed by atoms with E-state index >= 15 is 0 Å². The highest BCUT2D eigenvalue weighted by molar-refractivity contribution is 6.10. The summed E-state index contributed by atoms with van der Waals surface area (Å²) >= 11 is 0. The zero-order chi connectivity index (χ0) is 8.43. The fraction of sp³-hybridized carbons (Fsp3) is 0.571. The lowest BCUT2D eigenvalue weighted by Gasteiger charge is -2.09. The lowest BCUT2D eigenvalue weighted by atomic mass is 10.1. The first-order valence-electron chi connectivity index (χ1n) is 3.41. The highest BCUT2D eigenvalue weighted by atomic mass is 16.2. The van der Waals surface area contributed by atoms with Gasteiger partial charge in [-0.2, -0.15) is 5.26 Å². The van der Waals surface area contributed by atoms with E-state index in [1.54, 1.807) is 13.0 Å². The molecule has 0 spiro atoms. The summed E-state index contributed by atoms with van der Waals surface area (Å²) in [5.41, 5.74) is 0. The number of carbonyl (C=O) groups excluding carboxylic acids is 2. The van der Waals surface area contributed by atoms with E-state index in [1.165, 1.54) is 4.90 Å². The topological polar surface area (TPSA) is 61.2 Å². The van der Waals surface area contributed by atoms with Crippen molar-refractivity contribution in [2.45, 2.75) is 6.92 Å². The van der Waals surface area contributed by atoms with Crippen LogP contribution in [0.4, 0.5) is 0 Å². The maximum atomic E-state index is 11.1. The molecule has 0 radical (unpaired) electrons. The van der Waals surface area contributed by atoms with Crippen molar-refractivity contribution >= 4 is 11.7 Å². The fourth-order valence-electron chi connectivity index (χ4n) is 1.07. The zero-order valence-electron chi connectivity index (χ0n) is 6.20. The van der Waals surface area contributed by atoms with Crippen molar-refractivity contribution in [2.75, 3.05) is 13.1 Å². The average molecular weight is 152 g/mol. The van der Waals surface area contributed by atoms with Gasteiger partial charge in [0.2, 0.25) is 5.91 Å². The molecule has 1 aliphatic heterocycles. The van der Waals surface area contributed by atoms with Crippen LogP contribution in [0.2, 0.25) is 0 Å². The minimum absolute atomic E-state index is 0.105. The van der Waals surface area contributed by atoms with Gasteiger partial charge in [-0.1, -0.05) is 0 Å². The van der Waals surface area contributed by atoms with Gasteiger partial charge < -0.3 is 4.90 Å². The third-order valence-corrected chi connectivity index (χ3v) is 1.74. The molecule has 1 amide bonds. The summed E-state index contributed by atoms with van der Waals surface area (Å²) in [5, 5.41) is 8.40. The second-order valence-electron chi connectivity index (χ2n) is 2.38. The summed E-state index contributed by atoms with van der Waals surface area (Å²) in [7, 11) is 0. The van der Waals surface area contributed by atoms with E-state index in [-0.39, 0.29) is 18.2 Å². The SMILES string of the molecule is CCN1CC(=O)C(C#N)C1=O. The maximum Gasteiger partial charge on any atom is 0.248 e. The number of ketones is 1. The Morgan fingerprint density at radius 1 is 1.73 bits per heavy atom. The van der Waals surface area contributed by atoms with Crippen LogP contribution in [0.25, 0.3) is 0 Å². The Balaban J connectivity index is 2.81. The fourth-order valence-corrected chi connectivity index (χ4v) is 1.07. The van der Waals surface area contributed by atoms with E-state index in [0.717, 1.165) is 0 Å². The third kappa shape index (κ3) is 1.09. The van der Waals surface area contributed by atoms with Gasteiger partial charge in [0, 0.05) is 6.54 Å². The largest absolute Gasteiger partial charge is 0.334 e. The van der Waals surface area contributed by atoms with Gasteiger partial charge in [0.05, 0.1) is 12.6 Å². The van der Waals surface area contributed by atoms with Gasteiger partial charge in [-0.25, -0.2) is 0 Å². The summed E-state index contributed by atoms with van der Waals surface area (Å²) in [6.07, 6.45) is 0. The molecule has 0 aromatic rings. The van der Waals surface area contributed by atoms with Crippen LogP contribution in [0.1, 0.15) is 6.92 Å². The molecule has 1 heterocycles. The van der Waals surface area contributed by atoms with Gasteiger partial charge in [-0.15, -0.1) is 0 Å². The number of likely N-dealkylation sites (N-methyl/N-ethyl adjacent to an activating group) is 1. The van der Waals surface area contributed by atoms with Crippen molar-refractivity contribution in [3.63, 3.8) is 0 Å². The van der Waals surface area contributed by atoms with Crippen molar-refractivity contribution < 1.29 is 9.59 Å². The molecule has 4 heteroatoms. The molecule has 0 aliphatic carbocycles. The molecule has 11 heavy (non-hydrogen) atoms. The third-order valence-electron chi connectivity index (χ3n) is 1.74. The Labute approximate surface area is 64.4 Å². The summed E-state index contributed by atoms with van der Waals surface area (Å²) < 4.78 is 0. The summed E-state index contributed by atoms with van der Waals surface area (Å²) in [5.74, 6) is -1.66. The van der Waals surface area contributed by atoms with Crippen LogP contribution in [0, 0.1) is 17.2 Å². The van der Waals surface area contributed by atoms with Crippen LogP contribution in [0.15, 0.2) is 0 Å². The van der Waals surface area contributed by atoms with Gasteiger partial charge in [0.15, 0.2) is 11.7 Å². The van der Waals surface area contributed by atoms with Crippen LogP contribution in [0.3, 0.4) is 0 Å². The van der Waals surface area contributed by atoms with E-state index in [0.29, 0.717) is 6.54 Å². The molecule has 1 fully saturated rings. The van der Waals surface area contributed by atoms with Gasteiger partial charge in [-0.3, -0.25) is 9.59 Å². The number of hydrogen-bond acceptors (Lipinski definition) is 3. The van der Waals surface area contributed by atoms with E-state index in [2.05, 4.69) is 0 Å². The number of likely N-dealkylation sites (tertiary alicyclic amines) is 1. The Bertz CT molecular complexity index is 241. The Kier molecular flexibility index (Phi) is 1.90. The summed E-state index contributed by atoms with van der Waals surface area (Å²) in [6, 6.07) is 1.69. The van der Waals surface area contributed by atoms with Gasteiger partial charge in [0.25, 0.3) is 0 Å². The van der Waals surface area contributed by atoms with E-state index in [9.17, 15) is 9.59 Å². The molecule has 1 atom stereocenters. The van der Waals surface area contributed by atoms with Gasteiger partial charge in [-0.05, 0) is 6.92 Å². The molecule has 1 aliphatic rings. The molecule has 0 aromatic heterocycles. The quantitative estimate of drug-likeness (QED) is 0.478. The summed E-state index contributed by atoms with van der Waals surface area (Å²) in [6.45, 7) is 2.39. The lowest BCUT2D eigenvalue weighted by Crippen LogP contribution is -2.26. The summed E-state index contributed by atoms with van der Waals surface area (Å²) in [4.78, 5) is 23.3. The molecule has 1 rings (SSSR count). The molecule has 0 N–H and O–H groups in total. The number of nitrogens with zero attached hydrogens (tertiary/aromatic N) is 2. The highest BCUT2D eigenvalue weighted by Crippen LogP contribution is 2.12. The smallest absolute Gasteiger partial charge is 0.248 e. The molecular formula is C7H8N2O2. The van der Waals surface area contributed by atoms with Crippen LogP contribution in [0.5, 0.6) is 0 Å². The number of nitriles is 1. The average Bonchev–Trinajstić information content (AvgIpc) is 2.26. The molecule has 58 valence electrons. The first kappa shape index (κ1) is 7.73. The second-order valence-corrected chi connectivity index (χ2v) is 2.38. The van der Waals surface area contributed by atoms with Crippen LogP contribution in [-0.2, 0) is 9.59 Å². The number of hydrogen-bond donors (Lipinski definition) is 0. The highest BCUT2D eigenvalue weighted by Gasteiger charge is 2.38. The first-order chi connectivity index (χ1) is 5.20. The zero-order valence-corrected chi connectivity index (χ0v) is 6.20. The predicted molar refractivity (Wildman–Crippen MR) is 36.4 cm³/mol. The Morgan fingerprint density at radius 3 is 2.64 bits per heavy atom. The second kappa shape index (κ2) is 2.70. The molecule has 0 bridgehead atoms. The van der Waals surface area contributed by atoms with Crippen molar-refractivity contribution in [1.29, 1.82) is 5.26 Å². The first-order valence-corrected chi connectivity index (χ1v) is 3.41. The van der Waals surface area contributed by atoms with Crippen molar-refractivity contribution in [3.05, 3.63) is 0 Å². The minimum atomic E-state index is -1.03. The Morgan fingerprint density at radius 2 is 2.36 bits per heavy atom. The van der Waals surface area contributed by atoms with E-state index in [1.807, 2.05) is 0 Å². The standard InChI is InChI=1S/C7H8N2O2/c1-2-9-4-6(10)5(3-8)7(9)11/h5H,2,4H2,1H3. The Hall–Kier alpha value is -1.37. The predicted octanol–water partition coefficient (Wildman–Crippen LogP) is -0.443. The van der Waals surface area contributed by atoms with Crippen LogP contribution >= 0.6 is 0 Å². The van der Waals surface area contributed by atoms with E-state index < -0.39 is 5.92 Å². The maximum absolute atomic E-state index is 11.1. The molecule has 0 saturated carbocycles. The number of amides is 1. The molecular weight excluding hydrogens is 144 g/mol. The molecule has 0 aromatic carbocycles. The van der Waals surface area contributed by atoms with Crippen molar-refractivity contribution in [1.82, 2.24) is 4.90 Å².